The highest BCUT2D eigenvalue weighted by molar-refractivity contribution is 5.71. The normalized spacial score (nSPS) is 42.9. The van der Waals surface area contributed by atoms with Crippen LogP contribution in [0.15, 0.2) is 0 Å². The zero-order valence-electron chi connectivity index (χ0n) is 16.7. The Morgan fingerprint density at radius 2 is 1.85 bits per heavy atom. The number of piperidine rings is 1. The summed E-state index contributed by atoms with van der Waals surface area (Å²) >= 11 is 0. The Balaban J connectivity index is 1.31. The molecule has 3 heterocycles. The van der Waals surface area contributed by atoms with Gasteiger partial charge in [-0.2, -0.15) is 0 Å². The summed E-state index contributed by atoms with van der Waals surface area (Å²) in [5.41, 5.74) is 0. The summed E-state index contributed by atoms with van der Waals surface area (Å²) in [5, 5.41) is 2.55. The van der Waals surface area contributed by atoms with Crippen molar-refractivity contribution in [2.75, 3.05) is 39.3 Å². The predicted molar refractivity (Wildman–Crippen MR) is 101 cm³/mol. The number of hydrogen-bond donors (Lipinski definition) is 1. The molecule has 0 aromatic rings. The van der Waals surface area contributed by atoms with Gasteiger partial charge >= 0.3 is 5.97 Å². The Labute approximate surface area is 158 Å². The van der Waals surface area contributed by atoms with Crippen LogP contribution in [0.2, 0.25) is 0 Å². The number of piperazine rings is 1. The van der Waals surface area contributed by atoms with E-state index in [4.69, 9.17) is 4.74 Å². The number of esters is 1. The molecule has 4 aliphatic rings. The number of hydrogen-bond acceptors (Lipinski definition) is 4. The molecule has 1 aliphatic carbocycles. The maximum atomic E-state index is 12.2. The minimum absolute atomic E-state index is 0.0495. The number of nitrogens with zero attached hydrogens (tertiary/aromatic N) is 2. The van der Waals surface area contributed by atoms with Crippen LogP contribution in [0.1, 0.15) is 52.4 Å². The van der Waals surface area contributed by atoms with Crippen LogP contribution >= 0.6 is 0 Å². The molecule has 0 radical (unpaired) electrons. The SMILES string of the molecule is CC1CC2OC(=O)CC(CN3CCN(C4CCCC[NH2+]4)CC3)C2CC1C. The highest BCUT2D eigenvalue weighted by atomic mass is 16.5. The van der Waals surface area contributed by atoms with E-state index in [1.54, 1.807) is 0 Å². The van der Waals surface area contributed by atoms with Crippen LogP contribution in [0.25, 0.3) is 0 Å². The first-order valence-electron chi connectivity index (χ1n) is 11.1. The molecule has 2 N–H and O–H groups in total. The van der Waals surface area contributed by atoms with E-state index >= 15 is 0 Å². The molecule has 4 fully saturated rings. The van der Waals surface area contributed by atoms with E-state index in [1.165, 1.54) is 58.4 Å². The predicted octanol–water partition coefficient (Wildman–Crippen LogP) is 1.29. The number of nitrogens with two attached hydrogens (primary N) is 1. The van der Waals surface area contributed by atoms with E-state index in [0.29, 0.717) is 24.2 Å². The van der Waals surface area contributed by atoms with Gasteiger partial charge < -0.3 is 15.0 Å². The highest BCUT2D eigenvalue weighted by Crippen LogP contribution is 2.43. The summed E-state index contributed by atoms with van der Waals surface area (Å²) in [5.74, 6) is 2.58. The summed E-state index contributed by atoms with van der Waals surface area (Å²) in [6, 6.07) is 0. The van der Waals surface area contributed by atoms with Crippen LogP contribution in [-0.4, -0.2) is 67.3 Å². The number of carbonyl (C=O) groups excluding carboxylic acids is 1. The van der Waals surface area contributed by atoms with Crippen LogP contribution < -0.4 is 5.32 Å². The van der Waals surface area contributed by atoms with Crippen molar-refractivity contribution in [3.63, 3.8) is 0 Å². The third-order valence-corrected chi connectivity index (χ3v) is 7.78. The zero-order valence-corrected chi connectivity index (χ0v) is 16.7. The molecule has 1 saturated carbocycles. The van der Waals surface area contributed by atoms with E-state index in [2.05, 4.69) is 29.0 Å². The Kier molecular flexibility index (Phi) is 5.87. The van der Waals surface area contributed by atoms with Crippen molar-refractivity contribution in [3.05, 3.63) is 0 Å². The van der Waals surface area contributed by atoms with Gasteiger partial charge in [0, 0.05) is 51.5 Å². The molecule has 26 heavy (non-hydrogen) atoms. The fourth-order valence-corrected chi connectivity index (χ4v) is 5.87. The van der Waals surface area contributed by atoms with Crippen LogP contribution in [-0.2, 0) is 9.53 Å². The minimum atomic E-state index is 0.0495. The third-order valence-electron chi connectivity index (χ3n) is 7.78. The van der Waals surface area contributed by atoms with Gasteiger partial charge in [-0.1, -0.05) is 13.8 Å². The number of carbonyl (C=O) groups is 1. The first-order chi connectivity index (χ1) is 12.6. The van der Waals surface area contributed by atoms with Gasteiger partial charge in [-0.25, -0.2) is 0 Å². The standard InChI is InChI=1S/C21H37N3O2/c1-15-11-18-17(13-21(25)26-19(18)12-16(15)2)14-23-7-9-24(10-8-23)20-5-3-4-6-22-20/h15-20,22H,3-14H2,1-2H3/p+1. The van der Waals surface area contributed by atoms with Crippen molar-refractivity contribution in [2.24, 2.45) is 23.7 Å². The van der Waals surface area contributed by atoms with E-state index in [-0.39, 0.29) is 12.1 Å². The third kappa shape index (κ3) is 4.10. The van der Waals surface area contributed by atoms with Crippen molar-refractivity contribution in [3.8, 4) is 0 Å². The van der Waals surface area contributed by atoms with Gasteiger partial charge in [-0.05, 0) is 43.4 Å². The number of rotatable bonds is 3. The maximum absolute atomic E-state index is 12.2. The topological polar surface area (TPSA) is 49.4 Å². The van der Waals surface area contributed by atoms with Crippen molar-refractivity contribution >= 4 is 5.97 Å². The van der Waals surface area contributed by atoms with Crippen molar-refractivity contribution in [1.82, 2.24) is 9.80 Å². The Morgan fingerprint density at radius 1 is 1.08 bits per heavy atom. The van der Waals surface area contributed by atoms with Gasteiger partial charge in [0.15, 0.2) is 0 Å². The molecule has 6 atom stereocenters. The van der Waals surface area contributed by atoms with Crippen LogP contribution in [0.3, 0.4) is 0 Å². The van der Waals surface area contributed by atoms with E-state index in [1.807, 2.05) is 0 Å². The summed E-state index contributed by atoms with van der Waals surface area (Å²) in [4.78, 5) is 17.5. The molecule has 5 heteroatoms. The lowest BCUT2D eigenvalue weighted by Gasteiger charge is -2.47. The fourth-order valence-electron chi connectivity index (χ4n) is 5.87. The van der Waals surface area contributed by atoms with E-state index < -0.39 is 0 Å². The van der Waals surface area contributed by atoms with Gasteiger partial charge in [-0.3, -0.25) is 9.69 Å². The summed E-state index contributed by atoms with van der Waals surface area (Å²) < 4.78 is 5.75. The Bertz CT molecular complexity index is 486. The van der Waals surface area contributed by atoms with Crippen molar-refractivity contribution < 1.29 is 14.8 Å². The second kappa shape index (κ2) is 8.15. The molecule has 5 nitrogen and oxygen atoms in total. The second-order valence-corrected chi connectivity index (χ2v) is 9.51. The van der Waals surface area contributed by atoms with Gasteiger partial charge in [0.2, 0.25) is 0 Å². The molecule has 0 aromatic carbocycles. The van der Waals surface area contributed by atoms with Crippen LogP contribution in [0.4, 0.5) is 0 Å². The molecule has 0 spiro atoms. The second-order valence-electron chi connectivity index (χ2n) is 9.51. The zero-order chi connectivity index (χ0) is 18.1. The highest BCUT2D eigenvalue weighted by Gasteiger charge is 2.44. The van der Waals surface area contributed by atoms with Gasteiger partial charge in [0.1, 0.15) is 12.3 Å². The lowest BCUT2D eigenvalue weighted by molar-refractivity contribution is -0.717. The molecule has 4 rings (SSSR count). The number of ether oxygens (including phenoxy) is 1. The van der Waals surface area contributed by atoms with Crippen LogP contribution in [0.5, 0.6) is 0 Å². The first kappa shape index (κ1) is 18.7. The van der Waals surface area contributed by atoms with Gasteiger partial charge in [0.25, 0.3) is 0 Å². The van der Waals surface area contributed by atoms with E-state index in [0.717, 1.165) is 25.0 Å². The number of quaternary nitrogens is 1. The molecule has 3 saturated heterocycles. The molecule has 0 amide bonds. The molecule has 0 bridgehead atoms. The molecule has 6 unspecified atom stereocenters. The molecule has 0 aromatic heterocycles. The average Bonchev–Trinajstić information content (AvgIpc) is 2.65. The first-order valence-corrected chi connectivity index (χ1v) is 11.1. The largest absolute Gasteiger partial charge is 0.462 e. The Hall–Kier alpha value is -0.650. The van der Waals surface area contributed by atoms with E-state index in [9.17, 15) is 4.79 Å². The molecular formula is C21H38N3O2+. The van der Waals surface area contributed by atoms with Crippen LogP contribution in [0, 0.1) is 23.7 Å². The van der Waals surface area contributed by atoms with Gasteiger partial charge in [0.05, 0.1) is 6.54 Å². The van der Waals surface area contributed by atoms with Crippen molar-refractivity contribution in [1.29, 1.82) is 0 Å². The molecule has 148 valence electrons. The molecular weight excluding hydrogens is 326 g/mol. The summed E-state index contributed by atoms with van der Waals surface area (Å²) in [6.07, 6.45) is 7.98. The number of fused-ring (bicyclic) bond motifs is 1. The van der Waals surface area contributed by atoms with Crippen molar-refractivity contribution in [2.45, 2.75) is 64.6 Å². The maximum Gasteiger partial charge on any atom is 0.306 e. The lowest BCUT2D eigenvalue weighted by atomic mass is 9.67. The minimum Gasteiger partial charge on any atom is -0.462 e. The van der Waals surface area contributed by atoms with Gasteiger partial charge in [-0.15, -0.1) is 0 Å². The monoisotopic (exact) mass is 364 g/mol. The average molecular weight is 365 g/mol. The quantitative estimate of drug-likeness (QED) is 0.767. The summed E-state index contributed by atoms with van der Waals surface area (Å²) in [7, 11) is 0. The Morgan fingerprint density at radius 3 is 2.58 bits per heavy atom. The summed E-state index contributed by atoms with van der Waals surface area (Å²) in [6.45, 7) is 11.8. The fraction of sp³-hybridized carbons (Fsp3) is 0.952. The molecule has 3 aliphatic heterocycles. The smallest absolute Gasteiger partial charge is 0.306 e. The lowest BCUT2D eigenvalue weighted by Crippen LogP contribution is -2.95.